The van der Waals surface area contributed by atoms with Gasteiger partial charge in [-0.2, -0.15) is 0 Å². The van der Waals surface area contributed by atoms with Gasteiger partial charge in [0.05, 0.1) is 23.7 Å². The normalized spacial score (nSPS) is 34.4. The molecule has 45 heavy (non-hydrogen) atoms. The number of rotatable bonds is 8. The van der Waals surface area contributed by atoms with Crippen LogP contribution in [0.2, 0.25) is 0 Å². The minimum Gasteiger partial charge on any atom is -0.486 e. The molecule has 4 aliphatic carbocycles. The second-order valence-electron chi connectivity index (χ2n) is 13.5. The smallest absolute Gasteiger partial charge is 0.187 e. The summed E-state index contributed by atoms with van der Waals surface area (Å²) >= 11 is 0. The predicted molar refractivity (Wildman–Crippen MR) is 160 cm³/mol. The van der Waals surface area contributed by atoms with E-state index in [4.69, 9.17) is 15.2 Å². The van der Waals surface area contributed by atoms with Crippen molar-refractivity contribution < 1.29 is 43.2 Å². The third-order valence-corrected chi connectivity index (χ3v) is 11.0. The molecule has 0 aromatic heterocycles. The van der Waals surface area contributed by atoms with E-state index in [0.29, 0.717) is 24.1 Å². The van der Waals surface area contributed by atoms with E-state index in [-0.39, 0.29) is 48.7 Å². The first-order chi connectivity index (χ1) is 21.4. The van der Waals surface area contributed by atoms with Gasteiger partial charge < -0.3 is 30.5 Å². The number of fused-ring (bicyclic) bond motifs is 5. The lowest BCUT2D eigenvalue weighted by Crippen LogP contribution is -2.56. The molecule has 0 bridgehead atoms. The zero-order valence-corrected chi connectivity index (χ0v) is 25.3. The fourth-order valence-corrected chi connectivity index (χ4v) is 9.09. The molecule has 0 amide bonds. The molecule has 10 heteroatoms. The van der Waals surface area contributed by atoms with Crippen LogP contribution in [-0.4, -0.2) is 45.7 Å². The molecule has 4 aliphatic rings. The van der Waals surface area contributed by atoms with Gasteiger partial charge in [-0.25, -0.2) is 8.78 Å². The molecule has 3 saturated carbocycles. The molecule has 0 radical (unpaired) electrons. The molecule has 2 aromatic rings. The zero-order chi connectivity index (χ0) is 32.3. The average Bonchev–Trinajstić information content (AvgIpc) is 3.27. The monoisotopic (exact) mass is 623 g/mol. The third kappa shape index (κ3) is 5.31. The van der Waals surface area contributed by atoms with Crippen molar-refractivity contribution >= 4 is 17.3 Å². The quantitative estimate of drug-likeness (QED) is 0.248. The number of allylic oxidation sites excluding steroid dienone is 4. The Labute approximate surface area is 260 Å². The largest absolute Gasteiger partial charge is 0.486 e. The molecule has 9 atom stereocenters. The second kappa shape index (κ2) is 11.7. The minimum absolute atomic E-state index is 0.0518. The molecule has 8 nitrogen and oxygen atoms in total. The van der Waals surface area contributed by atoms with Crippen LogP contribution in [0.5, 0.6) is 5.75 Å². The van der Waals surface area contributed by atoms with Crippen LogP contribution >= 0.6 is 0 Å². The molecule has 0 aliphatic heterocycles. The first-order valence-electron chi connectivity index (χ1n) is 15.4. The topological polar surface area (TPSA) is 139 Å². The van der Waals surface area contributed by atoms with Crippen LogP contribution in [0.4, 0.5) is 14.5 Å². The molecule has 0 saturated heterocycles. The zero-order valence-electron chi connectivity index (χ0n) is 25.3. The molecule has 5 N–H and O–H groups in total. The Bertz CT molecular complexity index is 1570. The van der Waals surface area contributed by atoms with Crippen LogP contribution in [0.3, 0.4) is 0 Å². The summed E-state index contributed by atoms with van der Waals surface area (Å²) in [6.45, 7) is 3.09. The standard InChI is InChI=1S/C35H39F2NO7/c1-34-11-10-21(40)13-19(34)6-7-22-23-14-28(31(26(42)16-39)35(23,2)15-25(41)30(22)34)45-33(43)29-24(36)8-9-27(32(29)37)44-17-18-4-3-5-20(38)12-18/h3-5,8-13,22-23,25,28,30-31,33,39,41,43H,6-7,14-17,38H2,1-2H3/t22-,23?,25-,28+,30?,31-,33+,34-,35-/m0/s1. The number of carbonyl (C=O) groups excluding carboxylic acids is 2. The molecule has 2 aromatic carbocycles. The molecular weight excluding hydrogens is 584 g/mol. The first-order valence-corrected chi connectivity index (χ1v) is 15.4. The van der Waals surface area contributed by atoms with E-state index in [0.717, 1.165) is 17.7 Å². The summed E-state index contributed by atoms with van der Waals surface area (Å²) in [4.78, 5) is 25.4. The fourth-order valence-electron chi connectivity index (χ4n) is 9.09. The fraction of sp³-hybridized carbons (Fsp3) is 0.486. The first kappa shape index (κ1) is 31.5. The SMILES string of the molecule is C[C@]12C=CC(=O)C=C1CC[C@@H]1C2[C@@H](O)C[C@@]2(C)C1C[C@@H](O[C@@H](O)c1c(F)ccc(OCc3cccc(N)c3)c1F)[C@@H]2C(=O)CO. The molecule has 0 heterocycles. The number of carbonyl (C=O) groups is 2. The Morgan fingerprint density at radius 3 is 2.71 bits per heavy atom. The van der Waals surface area contributed by atoms with Gasteiger partial charge in [-0.15, -0.1) is 0 Å². The highest BCUT2D eigenvalue weighted by Crippen LogP contribution is 2.66. The van der Waals surface area contributed by atoms with E-state index in [9.17, 15) is 24.9 Å². The van der Waals surface area contributed by atoms with Crippen molar-refractivity contribution in [2.24, 2.45) is 34.5 Å². The van der Waals surface area contributed by atoms with E-state index in [1.54, 1.807) is 30.3 Å². The van der Waals surface area contributed by atoms with Crippen LogP contribution in [0.15, 0.2) is 60.2 Å². The number of Topliss-reactive ketones (excluding diaryl/α,β-unsaturated/α-hetero) is 1. The molecule has 0 spiro atoms. The summed E-state index contributed by atoms with van der Waals surface area (Å²) in [5.41, 5.74) is 5.85. The van der Waals surface area contributed by atoms with E-state index in [1.165, 1.54) is 6.08 Å². The maximum absolute atomic E-state index is 15.6. The van der Waals surface area contributed by atoms with Gasteiger partial charge in [-0.1, -0.05) is 37.6 Å². The van der Waals surface area contributed by atoms with E-state index in [1.807, 2.05) is 19.9 Å². The number of nitrogens with two attached hydrogens (primary N) is 1. The highest BCUT2D eigenvalue weighted by Gasteiger charge is 2.65. The van der Waals surface area contributed by atoms with E-state index < -0.39 is 64.8 Å². The van der Waals surface area contributed by atoms with Gasteiger partial charge in [0.15, 0.2) is 29.4 Å². The summed E-state index contributed by atoms with van der Waals surface area (Å²) in [6.07, 6.45) is 3.04. The Kier molecular flexibility index (Phi) is 8.22. The number of hydrogen-bond donors (Lipinski definition) is 4. The van der Waals surface area contributed by atoms with E-state index >= 15 is 8.78 Å². The van der Waals surface area contributed by atoms with E-state index in [2.05, 4.69) is 0 Å². The van der Waals surface area contributed by atoms with Crippen LogP contribution in [-0.2, 0) is 20.9 Å². The van der Waals surface area contributed by atoms with Gasteiger partial charge in [0.25, 0.3) is 0 Å². The van der Waals surface area contributed by atoms with Gasteiger partial charge in [0, 0.05) is 17.0 Å². The van der Waals surface area contributed by atoms with Crippen molar-refractivity contribution in [2.75, 3.05) is 12.3 Å². The molecule has 3 fully saturated rings. The van der Waals surface area contributed by atoms with Crippen LogP contribution in [0.25, 0.3) is 0 Å². The van der Waals surface area contributed by atoms with Crippen molar-refractivity contribution in [3.05, 3.63) is 83.0 Å². The number of ether oxygens (including phenoxy) is 2. The Morgan fingerprint density at radius 2 is 1.98 bits per heavy atom. The maximum atomic E-state index is 15.6. The van der Waals surface area contributed by atoms with Crippen molar-refractivity contribution in [3.8, 4) is 5.75 Å². The summed E-state index contributed by atoms with van der Waals surface area (Å²) in [7, 11) is 0. The highest BCUT2D eigenvalue weighted by atomic mass is 19.1. The van der Waals surface area contributed by atoms with Gasteiger partial charge in [0.1, 0.15) is 19.0 Å². The third-order valence-electron chi connectivity index (χ3n) is 11.0. The van der Waals surface area contributed by atoms with Crippen molar-refractivity contribution in [2.45, 2.75) is 64.6 Å². The lowest BCUT2D eigenvalue weighted by molar-refractivity contribution is -0.169. The number of nitrogen functional groups attached to an aromatic ring is 1. The average molecular weight is 624 g/mol. The molecule has 2 unspecified atom stereocenters. The van der Waals surface area contributed by atoms with Crippen molar-refractivity contribution in [3.63, 3.8) is 0 Å². The maximum Gasteiger partial charge on any atom is 0.187 e. The number of halogens is 2. The second-order valence-corrected chi connectivity index (χ2v) is 13.5. The Hall–Kier alpha value is -3.44. The van der Waals surface area contributed by atoms with Gasteiger partial charge in [-0.05, 0) is 84.9 Å². The number of aliphatic hydroxyl groups excluding tert-OH is 3. The summed E-state index contributed by atoms with van der Waals surface area (Å²) in [5.74, 6) is -4.44. The van der Waals surface area contributed by atoms with Crippen LogP contribution < -0.4 is 10.5 Å². The van der Waals surface area contributed by atoms with Gasteiger partial charge in [0.2, 0.25) is 0 Å². The lowest BCUT2D eigenvalue weighted by atomic mass is 9.46. The van der Waals surface area contributed by atoms with Gasteiger partial charge >= 0.3 is 0 Å². The number of aliphatic hydroxyl groups is 3. The highest BCUT2D eigenvalue weighted by molar-refractivity contribution is 6.01. The van der Waals surface area contributed by atoms with Crippen molar-refractivity contribution in [1.82, 2.24) is 0 Å². The number of ketones is 2. The summed E-state index contributed by atoms with van der Waals surface area (Å²) < 4.78 is 42.2. The Morgan fingerprint density at radius 1 is 1.20 bits per heavy atom. The molecule has 6 rings (SSSR count). The number of benzene rings is 2. The summed E-state index contributed by atoms with van der Waals surface area (Å²) in [6, 6.07) is 8.92. The Balaban J connectivity index is 1.28. The molecular formula is C35H39F2NO7. The van der Waals surface area contributed by atoms with Crippen molar-refractivity contribution in [1.29, 1.82) is 0 Å². The number of hydrogen-bond acceptors (Lipinski definition) is 8. The number of anilines is 1. The van der Waals surface area contributed by atoms with Crippen LogP contribution in [0, 0.1) is 46.1 Å². The minimum atomic E-state index is -2.07. The lowest BCUT2D eigenvalue weighted by Gasteiger charge is -2.58. The predicted octanol–water partition coefficient (Wildman–Crippen LogP) is 4.57. The molecule has 240 valence electrons. The van der Waals surface area contributed by atoms with Crippen LogP contribution in [0.1, 0.15) is 56.9 Å². The van der Waals surface area contributed by atoms with Gasteiger partial charge in [-0.3, -0.25) is 9.59 Å². The summed E-state index contributed by atoms with van der Waals surface area (Å²) in [5, 5.41) is 32.7.